The molecular formula is C13H15F3N2O3. The molecule has 1 fully saturated rings. The summed E-state index contributed by atoms with van der Waals surface area (Å²) in [5, 5.41) is 8.84. The van der Waals surface area contributed by atoms with Crippen molar-refractivity contribution in [1.82, 2.24) is 9.47 Å². The lowest BCUT2D eigenvalue weighted by Crippen LogP contribution is -2.38. The summed E-state index contributed by atoms with van der Waals surface area (Å²) in [5.74, 6) is -1.61. The average molecular weight is 304 g/mol. The predicted molar refractivity (Wildman–Crippen MR) is 66.8 cm³/mol. The molecule has 0 unspecified atom stereocenters. The number of carbonyl (C=O) groups excluding carboxylic acids is 1. The Hall–Kier alpha value is -1.99. The molecule has 8 heteroatoms. The number of nitrogens with zero attached hydrogens (tertiary/aromatic N) is 2. The first-order chi connectivity index (χ1) is 9.76. The fourth-order valence-electron chi connectivity index (χ4n) is 2.10. The van der Waals surface area contributed by atoms with E-state index in [4.69, 9.17) is 5.11 Å². The second-order valence-electron chi connectivity index (χ2n) is 5.16. The summed E-state index contributed by atoms with van der Waals surface area (Å²) in [6, 6.07) is 2.62. The molecule has 1 aliphatic carbocycles. The quantitative estimate of drug-likeness (QED) is 0.874. The Morgan fingerprint density at radius 3 is 2.57 bits per heavy atom. The highest BCUT2D eigenvalue weighted by atomic mass is 19.4. The van der Waals surface area contributed by atoms with E-state index in [0.717, 1.165) is 28.5 Å². The number of carboxylic acids is 1. The van der Waals surface area contributed by atoms with Crippen LogP contribution in [0.3, 0.4) is 0 Å². The molecule has 1 heterocycles. The van der Waals surface area contributed by atoms with Crippen LogP contribution in [-0.4, -0.2) is 45.7 Å². The molecule has 0 spiro atoms. The van der Waals surface area contributed by atoms with Gasteiger partial charge in [-0.05, 0) is 30.9 Å². The summed E-state index contributed by atoms with van der Waals surface area (Å²) >= 11 is 0. The maximum Gasteiger partial charge on any atom is 0.406 e. The summed E-state index contributed by atoms with van der Waals surface area (Å²) in [6.07, 6.45) is -1.46. The zero-order chi connectivity index (χ0) is 15.6. The highest BCUT2D eigenvalue weighted by molar-refractivity contribution is 5.94. The molecule has 0 atom stereocenters. The van der Waals surface area contributed by atoms with Crippen molar-refractivity contribution in [3.8, 4) is 0 Å². The maximum atomic E-state index is 12.5. The Balaban J connectivity index is 2.15. The molecule has 1 aromatic heterocycles. The van der Waals surface area contributed by atoms with Crippen molar-refractivity contribution >= 4 is 11.9 Å². The highest BCUT2D eigenvalue weighted by Crippen LogP contribution is 2.30. The van der Waals surface area contributed by atoms with Gasteiger partial charge >= 0.3 is 12.1 Å². The van der Waals surface area contributed by atoms with Gasteiger partial charge in [0.15, 0.2) is 0 Å². The number of hydrogen-bond acceptors (Lipinski definition) is 2. The molecule has 2 rings (SSSR count). The van der Waals surface area contributed by atoms with E-state index in [-0.39, 0.29) is 18.2 Å². The Labute approximate surface area is 119 Å². The molecule has 21 heavy (non-hydrogen) atoms. The van der Waals surface area contributed by atoms with E-state index in [1.807, 2.05) is 0 Å². The van der Waals surface area contributed by atoms with Gasteiger partial charge in [0.1, 0.15) is 18.8 Å². The van der Waals surface area contributed by atoms with E-state index in [1.165, 1.54) is 12.1 Å². The Kier molecular flexibility index (Phi) is 4.24. The van der Waals surface area contributed by atoms with Crippen molar-refractivity contribution in [1.29, 1.82) is 0 Å². The van der Waals surface area contributed by atoms with Crippen LogP contribution in [0, 0.1) is 5.92 Å². The largest absolute Gasteiger partial charge is 0.480 e. The lowest BCUT2D eigenvalue weighted by atomic mass is 10.3. The topological polar surface area (TPSA) is 62.5 Å². The van der Waals surface area contributed by atoms with Gasteiger partial charge in [-0.3, -0.25) is 9.59 Å². The molecule has 0 aromatic carbocycles. The smallest absolute Gasteiger partial charge is 0.406 e. The molecule has 0 bridgehead atoms. The highest BCUT2D eigenvalue weighted by Gasteiger charge is 2.32. The van der Waals surface area contributed by atoms with Crippen molar-refractivity contribution in [2.45, 2.75) is 25.6 Å². The van der Waals surface area contributed by atoms with Crippen LogP contribution < -0.4 is 0 Å². The Morgan fingerprint density at radius 1 is 1.38 bits per heavy atom. The minimum atomic E-state index is -4.44. The van der Waals surface area contributed by atoms with Gasteiger partial charge in [-0.25, -0.2) is 0 Å². The minimum absolute atomic E-state index is 0.144. The van der Waals surface area contributed by atoms with Crippen molar-refractivity contribution < 1.29 is 27.9 Å². The van der Waals surface area contributed by atoms with Crippen molar-refractivity contribution in [3.63, 3.8) is 0 Å². The maximum absolute atomic E-state index is 12.5. The molecule has 0 saturated heterocycles. The zero-order valence-corrected chi connectivity index (χ0v) is 11.1. The summed E-state index contributed by atoms with van der Waals surface area (Å²) in [4.78, 5) is 24.2. The van der Waals surface area contributed by atoms with Crippen LogP contribution in [0.5, 0.6) is 0 Å². The normalized spacial score (nSPS) is 15.0. The summed E-state index contributed by atoms with van der Waals surface area (Å²) in [7, 11) is 0. The Bertz CT molecular complexity index is 535. The summed E-state index contributed by atoms with van der Waals surface area (Å²) in [6.45, 7) is -1.51. The molecule has 1 aromatic rings. The first kappa shape index (κ1) is 15.4. The van der Waals surface area contributed by atoms with E-state index in [0.29, 0.717) is 0 Å². The first-order valence-corrected chi connectivity index (χ1v) is 6.49. The molecule has 5 nitrogen and oxygen atoms in total. The molecule has 0 radical (unpaired) electrons. The number of hydrogen-bond donors (Lipinski definition) is 1. The van der Waals surface area contributed by atoms with Crippen molar-refractivity contribution in [3.05, 3.63) is 24.0 Å². The van der Waals surface area contributed by atoms with E-state index in [2.05, 4.69) is 0 Å². The number of alkyl halides is 3. The van der Waals surface area contributed by atoms with Gasteiger partial charge in [0.25, 0.3) is 5.91 Å². The molecule has 1 aliphatic rings. The average Bonchev–Trinajstić information content (AvgIpc) is 3.04. The van der Waals surface area contributed by atoms with Gasteiger partial charge in [0, 0.05) is 12.7 Å². The van der Waals surface area contributed by atoms with Crippen LogP contribution in [-0.2, 0) is 11.3 Å². The third kappa shape index (κ3) is 4.51. The Morgan fingerprint density at radius 2 is 2.05 bits per heavy atom. The van der Waals surface area contributed by atoms with Gasteiger partial charge < -0.3 is 14.6 Å². The van der Waals surface area contributed by atoms with E-state index in [9.17, 15) is 22.8 Å². The number of carboxylic acid groups (broad SMARTS) is 1. The number of aromatic nitrogens is 1. The molecule has 1 amide bonds. The fraction of sp³-hybridized carbons (Fsp3) is 0.538. The van der Waals surface area contributed by atoms with Gasteiger partial charge in [-0.15, -0.1) is 0 Å². The predicted octanol–water partition coefficient (Wildman–Crippen LogP) is 1.99. The standard InChI is InChI=1S/C13H15F3N2O3/c14-13(15,16)8-17-5-1-2-10(17)12(21)18(7-11(19)20)6-9-3-4-9/h1-2,5,9H,3-4,6-8H2,(H,19,20). The second kappa shape index (κ2) is 5.79. The molecular weight excluding hydrogens is 289 g/mol. The molecule has 1 N–H and O–H groups in total. The third-order valence-electron chi connectivity index (χ3n) is 3.19. The van der Waals surface area contributed by atoms with Crippen LogP contribution in [0.2, 0.25) is 0 Å². The molecule has 116 valence electrons. The van der Waals surface area contributed by atoms with E-state index in [1.54, 1.807) is 0 Å². The number of rotatable bonds is 6. The van der Waals surface area contributed by atoms with Crippen LogP contribution in [0.1, 0.15) is 23.3 Å². The van der Waals surface area contributed by atoms with Gasteiger partial charge in [-0.1, -0.05) is 0 Å². The van der Waals surface area contributed by atoms with Crippen molar-refractivity contribution in [2.24, 2.45) is 5.92 Å². The van der Waals surface area contributed by atoms with Crippen molar-refractivity contribution in [2.75, 3.05) is 13.1 Å². The van der Waals surface area contributed by atoms with E-state index < -0.39 is 31.1 Å². The van der Waals surface area contributed by atoms with Crippen LogP contribution in [0.25, 0.3) is 0 Å². The minimum Gasteiger partial charge on any atom is -0.480 e. The monoisotopic (exact) mass is 304 g/mol. The van der Waals surface area contributed by atoms with Crippen LogP contribution in [0.15, 0.2) is 18.3 Å². The summed E-state index contributed by atoms with van der Waals surface area (Å²) < 4.78 is 38.2. The second-order valence-corrected chi connectivity index (χ2v) is 5.16. The lowest BCUT2D eigenvalue weighted by molar-refractivity contribution is -0.141. The number of amides is 1. The molecule has 0 aliphatic heterocycles. The van der Waals surface area contributed by atoms with Gasteiger partial charge in [-0.2, -0.15) is 13.2 Å². The zero-order valence-electron chi connectivity index (χ0n) is 11.1. The van der Waals surface area contributed by atoms with Crippen LogP contribution >= 0.6 is 0 Å². The van der Waals surface area contributed by atoms with Gasteiger partial charge in [0.05, 0.1) is 0 Å². The number of aliphatic carboxylic acids is 1. The number of halogens is 3. The third-order valence-corrected chi connectivity index (χ3v) is 3.19. The SMILES string of the molecule is O=C(O)CN(CC1CC1)C(=O)c1cccn1CC(F)(F)F. The summed E-state index contributed by atoms with van der Waals surface area (Å²) in [5.41, 5.74) is -0.144. The lowest BCUT2D eigenvalue weighted by Gasteiger charge is -2.21. The molecule has 1 saturated carbocycles. The van der Waals surface area contributed by atoms with Crippen LogP contribution in [0.4, 0.5) is 13.2 Å². The van der Waals surface area contributed by atoms with E-state index >= 15 is 0 Å². The van der Waals surface area contributed by atoms with Gasteiger partial charge in [0.2, 0.25) is 0 Å². The number of carbonyl (C=O) groups is 2. The first-order valence-electron chi connectivity index (χ1n) is 6.49. The fourth-order valence-corrected chi connectivity index (χ4v) is 2.10.